The molecule has 1 atom stereocenters. The third-order valence-electron chi connectivity index (χ3n) is 3.26. The number of likely N-dealkylation sites (tertiary alicyclic amines) is 1. The third kappa shape index (κ3) is 3.06. The lowest BCUT2D eigenvalue weighted by Gasteiger charge is -2.39. The maximum atomic E-state index is 11.4. The molecule has 92 valence electrons. The molecule has 1 N–H and O–H groups in total. The molecule has 1 saturated heterocycles. The number of ether oxygens (including phenoxy) is 1. The van der Waals surface area contributed by atoms with Gasteiger partial charge in [-0.3, -0.25) is 9.69 Å². The zero-order chi connectivity index (χ0) is 12.0. The molecule has 0 aromatic rings. The van der Waals surface area contributed by atoms with Gasteiger partial charge in [0.2, 0.25) is 0 Å². The molecule has 16 heavy (non-hydrogen) atoms. The molecule has 4 nitrogen and oxygen atoms in total. The van der Waals surface area contributed by atoms with Crippen LogP contribution >= 0.6 is 0 Å². The molecule has 0 saturated carbocycles. The van der Waals surface area contributed by atoms with E-state index in [0.29, 0.717) is 19.6 Å². The summed E-state index contributed by atoms with van der Waals surface area (Å²) in [6.45, 7) is 6.70. The number of allylic oxidation sites excluding steroid dienone is 1. The van der Waals surface area contributed by atoms with Crippen LogP contribution in [0, 0.1) is 5.41 Å². The van der Waals surface area contributed by atoms with E-state index in [1.54, 1.807) is 13.2 Å². The van der Waals surface area contributed by atoms with E-state index in [0.717, 1.165) is 25.9 Å². The van der Waals surface area contributed by atoms with Crippen LogP contribution in [0.1, 0.15) is 19.3 Å². The maximum Gasteiger partial charge on any atom is 0.311 e. The summed E-state index contributed by atoms with van der Waals surface area (Å²) < 4.78 is 5.02. The lowest BCUT2D eigenvalue weighted by Crippen LogP contribution is -2.48. The quantitative estimate of drug-likeness (QED) is 0.696. The number of carbonyl (C=O) groups is 1. The van der Waals surface area contributed by atoms with E-state index in [2.05, 4.69) is 11.5 Å². The molecule has 1 aliphatic heterocycles. The normalized spacial score (nSPS) is 26.6. The van der Waals surface area contributed by atoms with Crippen LogP contribution in [0.3, 0.4) is 0 Å². The number of aliphatic carboxylic acids is 1. The van der Waals surface area contributed by atoms with Crippen molar-refractivity contribution in [1.82, 2.24) is 4.90 Å². The van der Waals surface area contributed by atoms with E-state index in [1.165, 1.54) is 0 Å². The molecule has 1 fully saturated rings. The summed E-state index contributed by atoms with van der Waals surface area (Å²) in [5, 5.41) is 9.36. The van der Waals surface area contributed by atoms with Gasteiger partial charge in [0, 0.05) is 20.2 Å². The van der Waals surface area contributed by atoms with Crippen molar-refractivity contribution in [2.45, 2.75) is 19.3 Å². The predicted octanol–water partition coefficient (Wildman–Crippen LogP) is 1.38. The minimum atomic E-state index is -0.700. The highest BCUT2D eigenvalue weighted by Crippen LogP contribution is 2.34. The third-order valence-corrected chi connectivity index (χ3v) is 3.26. The fourth-order valence-electron chi connectivity index (χ4n) is 2.34. The minimum Gasteiger partial charge on any atom is -0.481 e. The Hall–Kier alpha value is -0.870. The Morgan fingerprint density at radius 1 is 1.69 bits per heavy atom. The van der Waals surface area contributed by atoms with E-state index in [4.69, 9.17) is 4.74 Å². The Balaban J connectivity index is 2.63. The van der Waals surface area contributed by atoms with Crippen molar-refractivity contribution in [1.29, 1.82) is 0 Å². The average Bonchev–Trinajstić information content (AvgIpc) is 2.27. The molecule has 0 amide bonds. The Morgan fingerprint density at radius 2 is 2.44 bits per heavy atom. The van der Waals surface area contributed by atoms with Crippen molar-refractivity contribution in [3.63, 3.8) is 0 Å². The molecule has 0 radical (unpaired) electrons. The number of hydrogen-bond donors (Lipinski definition) is 1. The summed E-state index contributed by atoms with van der Waals surface area (Å²) in [6, 6.07) is 0. The van der Waals surface area contributed by atoms with Crippen molar-refractivity contribution in [3.05, 3.63) is 12.7 Å². The highest BCUT2D eigenvalue weighted by atomic mass is 16.5. The van der Waals surface area contributed by atoms with Gasteiger partial charge in [-0.25, -0.2) is 0 Å². The lowest BCUT2D eigenvalue weighted by molar-refractivity contribution is -0.152. The monoisotopic (exact) mass is 227 g/mol. The van der Waals surface area contributed by atoms with Crippen molar-refractivity contribution < 1.29 is 14.6 Å². The number of carboxylic acid groups (broad SMARTS) is 1. The minimum absolute atomic E-state index is 0.547. The average molecular weight is 227 g/mol. The van der Waals surface area contributed by atoms with Gasteiger partial charge >= 0.3 is 5.97 Å². The van der Waals surface area contributed by atoms with Gasteiger partial charge in [-0.1, -0.05) is 6.08 Å². The van der Waals surface area contributed by atoms with E-state index in [-0.39, 0.29) is 0 Å². The first-order valence-corrected chi connectivity index (χ1v) is 5.70. The largest absolute Gasteiger partial charge is 0.481 e. The molecular formula is C12H21NO3. The molecule has 0 unspecified atom stereocenters. The summed E-state index contributed by atoms with van der Waals surface area (Å²) >= 11 is 0. The van der Waals surface area contributed by atoms with Crippen LogP contribution < -0.4 is 0 Å². The SMILES string of the molecule is C=CC[C@@]1(C(=O)O)CCCN(CCOC)C1. The number of hydrogen-bond acceptors (Lipinski definition) is 3. The molecule has 0 aromatic carbocycles. The Kier molecular flexibility index (Phi) is 4.96. The number of piperidine rings is 1. The summed E-state index contributed by atoms with van der Waals surface area (Å²) in [4.78, 5) is 13.6. The van der Waals surface area contributed by atoms with Crippen LogP contribution in [0.5, 0.6) is 0 Å². The van der Waals surface area contributed by atoms with E-state index in [9.17, 15) is 9.90 Å². The molecule has 0 spiro atoms. The number of nitrogens with zero attached hydrogens (tertiary/aromatic N) is 1. The second-order valence-corrected chi connectivity index (χ2v) is 4.45. The van der Waals surface area contributed by atoms with E-state index in [1.807, 2.05) is 0 Å². The van der Waals surface area contributed by atoms with E-state index < -0.39 is 11.4 Å². The Labute approximate surface area is 96.9 Å². The first-order chi connectivity index (χ1) is 7.64. The topological polar surface area (TPSA) is 49.8 Å². The summed E-state index contributed by atoms with van der Waals surface area (Å²) in [6.07, 6.45) is 3.95. The van der Waals surface area contributed by atoms with Crippen LogP contribution in [-0.4, -0.2) is 49.3 Å². The van der Waals surface area contributed by atoms with Crippen LogP contribution in [0.4, 0.5) is 0 Å². The van der Waals surface area contributed by atoms with Crippen molar-refractivity contribution >= 4 is 5.97 Å². The van der Waals surface area contributed by atoms with Crippen LogP contribution in [0.15, 0.2) is 12.7 Å². The van der Waals surface area contributed by atoms with Crippen LogP contribution in [-0.2, 0) is 9.53 Å². The predicted molar refractivity (Wildman–Crippen MR) is 62.4 cm³/mol. The van der Waals surface area contributed by atoms with Gasteiger partial charge in [0.25, 0.3) is 0 Å². The van der Waals surface area contributed by atoms with Gasteiger partial charge in [0.1, 0.15) is 0 Å². The van der Waals surface area contributed by atoms with Crippen molar-refractivity contribution in [3.8, 4) is 0 Å². The van der Waals surface area contributed by atoms with Gasteiger partial charge in [-0.15, -0.1) is 6.58 Å². The summed E-state index contributed by atoms with van der Waals surface area (Å²) in [5.74, 6) is -0.700. The second-order valence-electron chi connectivity index (χ2n) is 4.45. The van der Waals surface area contributed by atoms with E-state index >= 15 is 0 Å². The Bertz CT molecular complexity index is 255. The molecule has 0 aromatic heterocycles. The van der Waals surface area contributed by atoms with Gasteiger partial charge < -0.3 is 9.84 Å². The molecule has 1 aliphatic rings. The molecule has 0 aliphatic carbocycles. The number of methoxy groups -OCH3 is 1. The first kappa shape index (κ1) is 13.2. The summed E-state index contributed by atoms with van der Waals surface area (Å²) in [5.41, 5.74) is -0.631. The molecule has 1 heterocycles. The standard InChI is InChI=1S/C12H21NO3/c1-3-5-12(11(14)15)6-4-7-13(10-12)8-9-16-2/h3H,1,4-10H2,2H3,(H,14,15)/t12-/m1/s1. The Morgan fingerprint density at radius 3 is 3.00 bits per heavy atom. The van der Waals surface area contributed by atoms with Crippen molar-refractivity contribution in [2.75, 3.05) is 33.4 Å². The van der Waals surface area contributed by atoms with Gasteiger partial charge in [0.05, 0.1) is 12.0 Å². The zero-order valence-electron chi connectivity index (χ0n) is 9.95. The zero-order valence-corrected chi connectivity index (χ0v) is 9.95. The highest BCUT2D eigenvalue weighted by molar-refractivity contribution is 5.75. The fourth-order valence-corrected chi connectivity index (χ4v) is 2.34. The maximum absolute atomic E-state index is 11.4. The van der Waals surface area contributed by atoms with Crippen LogP contribution in [0.25, 0.3) is 0 Å². The highest BCUT2D eigenvalue weighted by Gasteiger charge is 2.40. The second kappa shape index (κ2) is 6.01. The van der Waals surface area contributed by atoms with Crippen LogP contribution in [0.2, 0.25) is 0 Å². The van der Waals surface area contributed by atoms with Crippen molar-refractivity contribution in [2.24, 2.45) is 5.41 Å². The van der Waals surface area contributed by atoms with Gasteiger partial charge in [-0.2, -0.15) is 0 Å². The number of carboxylic acids is 1. The van der Waals surface area contributed by atoms with Gasteiger partial charge in [0.15, 0.2) is 0 Å². The molecule has 1 rings (SSSR count). The summed E-state index contributed by atoms with van der Waals surface area (Å²) in [7, 11) is 1.66. The molecule has 4 heteroatoms. The molecule has 0 bridgehead atoms. The van der Waals surface area contributed by atoms with Gasteiger partial charge in [-0.05, 0) is 25.8 Å². The smallest absolute Gasteiger partial charge is 0.311 e. The fraction of sp³-hybridized carbons (Fsp3) is 0.750. The lowest BCUT2D eigenvalue weighted by atomic mass is 9.77. The molecular weight excluding hydrogens is 206 g/mol. The first-order valence-electron chi connectivity index (χ1n) is 5.70. The number of rotatable bonds is 6.